The Labute approximate surface area is 109 Å². The maximum Gasteiger partial charge on any atom is 0.130 e. The van der Waals surface area contributed by atoms with Crippen molar-refractivity contribution in [2.24, 2.45) is 0 Å². The minimum atomic E-state index is -1.42. The first kappa shape index (κ1) is 14.9. The van der Waals surface area contributed by atoms with Crippen molar-refractivity contribution in [3.63, 3.8) is 0 Å². The van der Waals surface area contributed by atoms with Crippen LogP contribution in [0.3, 0.4) is 0 Å². The van der Waals surface area contributed by atoms with Crippen LogP contribution in [0.5, 0.6) is 0 Å². The van der Waals surface area contributed by atoms with Crippen LogP contribution >= 0.6 is 0 Å². The van der Waals surface area contributed by atoms with Gasteiger partial charge in [-0.3, -0.25) is 0 Å². The van der Waals surface area contributed by atoms with Gasteiger partial charge < -0.3 is 4.98 Å². The van der Waals surface area contributed by atoms with Crippen LogP contribution in [0.1, 0.15) is 20.8 Å². The quantitative estimate of drug-likeness (QED) is 0.751. The second-order valence-corrected chi connectivity index (χ2v) is 17.3. The summed E-state index contributed by atoms with van der Waals surface area (Å²) >= 11 is 0. The molecular formula is C14H29NSi2. The summed E-state index contributed by atoms with van der Waals surface area (Å²) in [4.78, 5) is 3.87. The van der Waals surface area contributed by atoms with Gasteiger partial charge in [-0.05, 0) is 20.8 Å². The molecule has 0 bridgehead atoms. The van der Waals surface area contributed by atoms with Crippen LogP contribution in [0.15, 0.2) is 23.4 Å². The van der Waals surface area contributed by atoms with E-state index in [1.165, 1.54) is 0 Å². The zero-order valence-electron chi connectivity index (χ0n) is 12.8. The van der Waals surface area contributed by atoms with Crippen LogP contribution in [0.4, 0.5) is 0 Å². The molecule has 1 aliphatic carbocycles. The molecule has 17 heavy (non-hydrogen) atoms. The smallest absolute Gasteiger partial charge is 0.130 e. The predicted octanol–water partition coefficient (Wildman–Crippen LogP) is 4.32. The summed E-state index contributed by atoms with van der Waals surface area (Å²) in [6, 6.07) is 0. The van der Waals surface area contributed by atoms with E-state index in [9.17, 15) is 0 Å². The Morgan fingerprint density at radius 3 is 1.94 bits per heavy atom. The van der Waals surface area contributed by atoms with E-state index in [-0.39, 0.29) is 5.54 Å². The van der Waals surface area contributed by atoms with E-state index in [1.54, 1.807) is 5.20 Å². The zero-order chi connectivity index (χ0) is 13.5. The maximum absolute atomic E-state index is 3.87. The molecule has 0 aromatic carbocycles. The molecule has 98 valence electrons. The van der Waals surface area contributed by atoms with Crippen molar-refractivity contribution < 1.29 is 0 Å². The van der Waals surface area contributed by atoms with Gasteiger partial charge >= 0.3 is 0 Å². The molecule has 0 aromatic rings. The van der Waals surface area contributed by atoms with Gasteiger partial charge in [-0.2, -0.15) is 0 Å². The van der Waals surface area contributed by atoms with Gasteiger partial charge in [-0.25, -0.2) is 0 Å². The molecule has 0 amide bonds. The Morgan fingerprint density at radius 2 is 1.59 bits per heavy atom. The second kappa shape index (κ2) is 4.52. The van der Waals surface area contributed by atoms with Crippen molar-refractivity contribution in [3.8, 4) is 0 Å². The summed E-state index contributed by atoms with van der Waals surface area (Å²) < 4.78 is 0. The molecule has 0 saturated heterocycles. The number of nitrogens with one attached hydrogen (secondary N) is 1. The molecule has 1 nitrogen and oxygen atoms in total. The second-order valence-electron chi connectivity index (χ2n) is 7.85. The summed E-state index contributed by atoms with van der Waals surface area (Å²) in [5.41, 5.74) is 0.878. The largest absolute Gasteiger partial charge is 0.332 e. The number of allylic oxidation sites excluding steroid dienone is 4. The topological polar surface area (TPSA) is 12.0 Å². The zero-order valence-corrected chi connectivity index (χ0v) is 14.8. The molecule has 0 heterocycles. The minimum Gasteiger partial charge on any atom is -0.332 e. The first-order valence-electron chi connectivity index (χ1n) is 6.62. The van der Waals surface area contributed by atoms with Gasteiger partial charge in [0.2, 0.25) is 0 Å². The third-order valence-electron chi connectivity index (χ3n) is 3.24. The summed E-state index contributed by atoms with van der Waals surface area (Å²) in [6.45, 7) is 19.0. The fourth-order valence-corrected chi connectivity index (χ4v) is 7.23. The highest BCUT2D eigenvalue weighted by Gasteiger charge is 2.35. The molecule has 3 heteroatoms. The minimum absolute atomic E-state index is 0.222. The van der Waals surface area contributed by atoms with Crippen molar-refractivity contribution in [1.82, 2.24) is 4.98 Å². The Bertz CT molecular complexity index is 340. The fourth-order valence-electron chi connectivity index (χ4n) is 2.51. The monoisotopic (exact) mass is 267 g/mol. The van der Waals surface area contributed by atoms with Crippen LogP contribution in [0.25, 0.3) is 0 Å². The summed E-state index contributed by atoms with van der Waals surface area (Å²) in [5.74, 6) is 0. The average molecular weight is 268 g/mol. The Morgan fingerprint density at radius 1 is 1.06 bits per heavy atom. The highest BCUT2D eigenvalue weighted by atomic mass is 28.3. The molecule has 0 radical (unpaired) electrons. The van der Waals surface area contributed by atoms with E-state index in [2.05, 4.69) is 76.7 Å². The Balaban J connectivity index is 2.84. The summed E-state index contributed by atoms with van der Waals surface area (Å²) in [7, 11) is -2.55. The van der Waals surface area contributed by atoms with Gasteiger partial charge in [-0.1, -0.05) is 56.2 Å². The normalized spacial score (nSPS) is 21.9. The molecule has 1 aliphatic rings. The summed E-state index contributed by atoms with van der Waals surface area (Å²) in [5, 5.41) is 1.62. The predicted molar refractivity (Wildman–Crippen MR) is 84.7 cm³/mol. The van der Waals surface area contributed by atoms with Gasteiger partial charge in [0, 0.05) is 11.1 Å². The summed E-state index contributed by atoms with van der Waals surface area (Å²) in [6.07, 6.45) is 7.35. The van der Waals surface area contributed by atoms with Crippen molar-refractivity contribution in [1.29, 1.82) is 0 Å². The Kier molecular flexibility index (Phi) is 3.97. The van der Waals surface area contributed by atoms with Crippen molar-refractivity contribution in [3.05, 3.63) is 23.4 Å². The van der Waals surface area contributed by atoms with Gasteiger partial charge in [0.05, 0.1) is 8.07 Å². The highest BCUT2D eigenvalue weighted by Crippen LogP contribution is 2.34. The van der Waals surface area contributed by atoms with Crippen molar-refractivity contribution in [2.45, 2.75) is 64.6 Å². The molecular weight excluding hydrogens is 238 g/mol. The van der Waals surface area contributed by atoms with E-state index < -0.39 is 16.3 Å². The first-order chi connectivity index (χ1) is 7.42. The van der Waals surface area contributed by atoms with Gasteiger partial charge in [0.1, 0.15) is 8.24 Å². The van der Waals surface area contributed by atoms with Crippen LogP contribution in [-0.2, 0) is 0 Å². The first-order valence-corrected chi connectivity index (χ1v) is 13.2. The number of hydrogen-bond donors (Lipinski definition) is 1. The fraction of sp³-hybridized carbons (Fsp3) is 0.714. The number of hydrogen-bond acceptors (Lipinski definition) is 1. The van der Waals surface area contributed by atoms with E-state index in [1.807, 2.05) is 0 Å². The lowest BCUT2D eigenvalue weighted by molar-refractivity contribution is 0.510. The third-order valence-corrected chi connectivity index (χ3v) is 8.72. The standard InChI is InChI=1S/C14H29NSi2/c1-14(2,3)15-17(7,8)13-10-9-12(11-13)16(4,5)6/h9-11,13,15H,1-8H3. The van der Waals surface area contributed by atoms with Crippen LogP contribution in [0, 0.1) is 0 Å². The molecule has 0 saturated carbocycles. The lowest BCUT2D eigenvalue weighted by Crippen LogP contribution is -2.56. The van der Waals surface area contributed by atoms with Crippen LogP contribution in [0.2, 0.25) is 38.3 Å². The van der Waals surface area contributed by atoms with Crippen molar-refractivity contribution >= 4 is 16.3 Å². The SMILES string of the molecule is CC(C)(C)N[Si](C)(C)C1C=CC([Si](C)(C)C)=C1. The lowest BCUT2D eigenvalue weighted by Gasteiger charge is -2.36. The maximum atomic E-state index is 3.87. The lowest BCUT2D eigenvalue weighted by atomic mass is 10.1. The van der Waals surface area contributed by atoms with Gasteiger partial charge in [-0.15, -0.1) is 0 Å². The molecule has 1 atom stereocenters. The van der Waals surface area contributed by atoms with Gasteiger partial charge in [0.15, 0.2) is 0 Å². The number of rotatable bonds is 3. The average Bonchev–Trinajstić information content (AvgIpc) is 2.44. The van der Waals surface area contributed by atoms with E-state index in [0.29, 0.717) is 5.54 Å². The van der Waals surface area contributed by atoms with E-state index >= 15 is 0 Å². The molecule has 0 spiro atoms. The Hall–Kier alpha value is -0.126. The molecule has 0 fully saturated rings. The van der Waals surface area contributed by atoms with Crippen molar-refractivity contribution in [2.75, 3.05) is 0 Å². The molecule has 1 unspecified atom stereocenters. The van der Waals surface area contributed by atoms with Crippen LogP contribution < -0.4 is 4.98 Å². The van der Waals surface area contributed by atoms with Crippen LogP contribution in [-0.4, -0.2) is 21.8 Å². The molecule has 0 aromatic heterocycles. The molecule has 1 N–H and O–H groups in total. The third kappa shape index (κ3) is 4.23. The highest BCUT2D eigenvalue weighted by molar-refractivity contribution is 6.84. The molecule has 1 rings (SSSR count). The van der Waals surface area contributed by atoms with E-state index in [4.69, 9.17) is 0 Å². The van der Waals surface area contributed by atoms with Gasteiger partial charge in [0.25, 0.3) is 0 Å². The van der Waals surface area contributed by atoms with E-state index in [0.717, 1.165) is 0 Å². The molecule has 0 aliphatic heterocycles.